The molecule has 0 spiro atoms. The van der Waals surface area contributed by atoms with Crippen LogP contribution in [0.25, 0.3) is 10.8 Å². The molecule has 7 heteroatoms. The average Bonchev–Trinajstić information content (AvgIpc) is 2.86. The van der Waals surface area contributed by atoms with E-state index in [4.69, 9.17) is 18.9 Å². The number of carbonyl (C=O) groups is 2. The van der Waals surface area contributed by atoms with Crippen LogP contribution in [0.4, 0.5) is 4.79 Å². The average molecular weight is 464 g/mol. The van der Waals surface area contributed by atoms with Crippen LogP contribution in [0, 0.1) is 6.92 Å². The Bertz CT molecular complexity index is 1110. The van der Waals surface area contributed by atoms with Crippen molar-refractivity contribution in [1.82, 2.24) is 5.32 Å². The quantitative estimate of drug-likeness (QED) is 0.240. The molecule has 0 saturated heterocycles. The Labute approximate surface area is 199 Å². The molecule has 0 aromatic heterocycles. The van der Waals surface area contributed by atoms with E-state index in [9.17, 15) is 9.59 Å². The van der Waals surface area contributed by atoms with E-state index in [1.807, 2.05) is 55.5 Å². The minimum Gasteiger partial charge on any atom is -0.493 e. The molecular weight excluding hydrogens is 434 g/mol. The second-order valence-electron chi connectivity index (χ2n) is 7.45. The van der Waals surface area contributed by atoms with Gasteiger partial charge in [-0.05, 0) is 24.1 Å². The molecule has 3 aromatic carbocycles. The Hall–Kier alpha value is -3.84. The third-order valence-electron chi connectivity index (χ3n) is 4.98. The molecular formula is C27H29NO6. The number of fused-ring (bicyclic) bond motifs is 1. The van der Waals surface area contributed by atoms with Gasteiger partial charge in [0.15, 0.2) is 0 Å². The fourth-order valence-electron chi connectivity index (χ4n) is 3.34. The normalized spacial score (nSPS) is 10.5. The smallest absolute Gasteiger partial charge is 0.412 e. The van der Waals surface area contributed by atoms with Gasteiger partial charge in [-0.1, -0.05) is 61.2 Å². The number of hydrogen-bond acceptors (Lipinski definition) is 6. The Morgan fingerprint density at radius 2 is 1.68 bits per heavy atom. The summed E-state index contributed by atoms with van der Waals surface area (Å²) >= 11 is 0. The van der Waals surface area contributed by atoms with Gasteiger partial charge < -0.3 is 24.3 Å². The molecule has 0 saturated carbocycles. The maximum absolute atomic E-state index is 12.3. The first kappa shape index (κ1) is 24.8. The van der Waals surface area contributed by atoms with E-state index in [2.05, 4.69) is 24.0 Å². The van der Waals surface area contributed by atoms with Crippen LogP contribution in [0.15, 0.2) is 73.3 Å². The van der Waals surface area contributed by atoms with Gasteiger partial charge in [0.05, 0.1) is 19.8 Å². The number of ether oxygens (including phenoxy) is 4. The SMILES string of the molecule is C=CC(=O)OCCOCCNC(=O)Oc1c(C)cc(OCCc2ccccc2)c2ccccc12. The molecule has 0 heterocycles. The van der Waals surface area contributed by atoms with Gasteiger partial charge in [-0.15, -0.1) is 0 Å². The molecule has 0 aliphatic heterocycles. The van der Waals surface area contributed by atoms with Crippen molar-refractivity contribution in [3.63, 3.8) is 0 Å². The van der Waals surface area contributed by atoms with Crippen molar-refractivity contribution in [2.45, 2.75) is 13.3 Å². The molecule has 3 rings (SSSR count). The third kappa shape index (κ3) is 7.35. The first-order valence-corrected chi connectivity index (χ1v) is 11.1. The van der Waals surface area contributed by atoms with Gasteiger partial charge in [-0.25, -0.2) is 9.59 Å². The van der Waals surface area contributed by atoms with Crippen LogP contribution in [0.5, 0.6) is 11.5 Å². The van der Waals surface area contributed by atoms with Crippen molar-refractivity contribution >= 4 is 22.8 Å². The Balaban J connectivity index is 1.54. The molecule has 7 nitrogen and oxygen atoms in total. The fraction of sp³-hybridized carbons (Fsp3) is 0.259. The minimum atomic E-state index is -0.576. The maximum Gasteiger partial charge on any atom is 0.412 e. The van der Waals surface area contributed by atoms with Gasteiger partial charge in [0.1, 0.15) is 18.1 Å². The summed E-state index contributed by atoms with van der Waals surface area (Å²) < 4.78 is 21.8. The topological polar surface area (TPSA) is 83.1 Å². The Morgan fingerprint density at radius 1 is 0.941 bits per heavy atom. The summed E-state index contributed by atoms with van der Waals surface area (Å²) in [4.78, 5) is 23.3. The van der Waals surface area contributed by atoms with Gasteiger partial charge in [-0.3, -0.25) is 0 Å². The number of benzene rings is 3. The maximum atomic E-state index is 12.3. The highest BCUT2D eigenvalue weighted by atomic mass is 16.6. The summed E-state index contributed by atoms with van der Waals surface area (Å²) in [7, 11) is 0. The van der Waals surface area contributed by atoms with E-state index in [1.54, 1.807) is 0 Å². The van der Waals surface area contributed by atoms with Gasteiger partial charge in [-0.2, -0.15) is 0 Å². The Morgan fingerprint density at radius 3 is 2.44 bits per heavy atom. The Kier molecular flexibility index (Phi) is 9.49. The van der Waals surface area contributed by atoms with Crippen LogP contribution in [-0.4, -0.2) is 45.0 Å². The van der Waals surface area contributed by atoms with Crippen molar-refractivity contribution in [2.75, 3.05) is 33.0 Å². The van der Waals surface area contributed by atoms with Crippen molar-refractivity contribution in [2.24, 2.45) is 0 Å². The third-order valence-corrected chi connectivity index (χ3v) is 4.98. The largest absolute Gasteiger partial charge is 0.493 e. The van der Waals surface area contributed by atoms with Crippen molar-refractivity contribution < 1.29 is 28.5 Å². The predicted molar refractivity (Wildman–Crippen MR) is 130 cm³/mol. The highest BCUT2D eigenvalue weighted by Gasteiger charge is 2.15. The van der Waals surface area contributed by atoms with Crippen molar-refractivity contribution in [3.05, 3.63) is 84.4 Å². The summed E-state index contributed by atoms with van der Waals surface area (Å²) in [6.07, 6.45) is 1.31. The molecule has 0 bridgehead atoms. The van der Waals surface area contributed by atoms with Crippen LogP contribution >= 0.6 is 0 Å². The number of amides is 1. The molecule has 0 fully saturated rings. The van der Waals surface area contributed by atoms with Crippen molar-refractivity contribution in [3.8, 4) is 11.5 Å². The van der Waals surface area contributed by atoms with Gasteiger partial charge in [0, 0.05) is 29.8 Å². The summed E-state index contributed by atoms with van der Waals surface area (Å²) in [5.41, 5.74) is 2.01. The van der Waals surface area contributed by atoms with Crippen LogP contribution in [-0.2, 0) is 20.7 Å². The van der Waals surface area contributed by atoms with Gasteiger partial charge >= 0.3 is 12.1 Å². The number of aryl methyl sites for hydroxylation is 1. The lowest BCUT2D eigenvalue weighted by molar-refractivity contribution is -0.139. The van der Waals surface area contributed by atoms with Crippen LogP contribution in [0.2, 0.25) is 0 Å². The standard InChI is InChI=1S/C27H29NO6/c1-3-25(29)33-18-17-31-16-14-28-27(30)34-26-20(2)19-24(22-11-7-8-12-23(22)26)32-15-13-21-9-5-4-6-10-21/h3-12,19H,1,13-18H2,2H3,(H,28,30). The van der Waals surface area contributed by atoms with E-state index in [1.165, 1.54) is 5.56 Å². The zero-order valence-corrected chi connectivity index (χ0v) is 19.3. The predicted octanol–water partition coefficient (Wildman–Crippen LogP) is 4.60. The molecule has 0 unspecified atom stereocenters. The van der Waals surface area contributed by atoms with E-state index >= 15 is 0 Å². The molecule has 1 N–H and O–H groups in total. The summed E-state index contributed by atoms with van der Waals surface area (Å²) in [6, 6.07) is 19.7. The second-order valence-corrected chi connectivity index (χ2v) is 7.45. The number of carbonyl (C=O) groups excluding carboxylic acids is 2. The lowest BCUT2D eigenvalue weighted by Gasteiger charge is -2.16. The zero-order valence-electron chi connectivity index (χ0n) is 19.3. The molecule has 178 valence electrons. The molecule has 0 aliphatic carbocycles. The van der Waals surface area contributed by atoms with Gasteiger partial charge in [0.2, 0.25) is 0 Å². The fourth-order valence-corrected chi connectivity index (χ4v) is 3.34. The second kappa shape index (κ2) is 13.0. The minimum absolute atomic E-state index is 0.125. The lowest BCUT2D eigenvalue weighted by atomic mass is 10.0. The highest BCUT2D eigenvalue weighted by Crippen LogP contribution is 2.36. The van der Waals surface area contributed by atoms with Crippen LogP contribution in [0.3, 0.4) is 0 Å². The summed E-state index contributed by atoms with van der Waals surface area (Å²) in [5, 5.41) is 4.33. The lowest BCUT2D eigenvalue weighted by Crippen LogP contribution is -2.30. The molecule has 0 aliphatic rings. The first-order chi connectivity index (χ1) is 16.6. The number of esters is 1. The van der Waals surface area contributed by atoms with Crippen LogP contribution < -0.4 is 14.8 Å². The molecule has 34 heavy (non-hydrogen) atoms. The number of rotatable bonds is 12. The monoisotopic (exact) mass is 463 g/mol. The van der Waals surface area contributed by atoms with Gasteiger partial charge in [0.25, 0.3) is 0 Å². The van der Waals surface area contributed by atoms with E-state index in [0.717, 1.165) is 34.6 Å². The van der Waals surface area contributed by atoms with E-state index < -0.39 is 12.1 Å². The van der Waals surface area contributed by atoms with E-state index in [-0.39, 0.29) is 26.4 Å². The number of nitrogens with one attached hydrogen (secondary N) is 1. The molecule has 3 aromatic rings. The summed E-state index contributed by atoms with van der Waals surface area (Å²) in [6.45, 7) is 6.61. The van der Waals surface area contributed by atoms with E-state index in [0.29, 0.717) is 12.4 Å². The molecule has 1 amide bonds. The highest BCUT2D eigenvalue weighted by molar-refractivity contribution is 5.95. The van der Waals surface area contributed by atoms with Crippen LogP contribution in [0.1, 0.15) is 11.1 Å². The molecule has 0 radical (unpaired) electrons. The summed E-state index contributed by atoms with van der Waals surface area (Å²) in [5.74, 6) is 0.739. The number of hydrogen-bond donors (Lipinski definition) is 1. The van der Waals surface area contributed by atoms with Crippen molar-refractivity contribution in [1.29, 1.82) is 0 Å². The zero-order chi connectivity index (χ0) is 24.2. The molecule has 0 atom stereocenters. The first-order valence-electron chi connectivity index (χ1n) is 11.1.